The lowest BCUT2D eigenvalue weighted by atomic mass is 10.1. The van der Waals surface area contributed by atoms with Gasteiger partial charge in [-0.25, -0.2) is 8.42 Å². The summed E-state index contributed by atoms with van der Waals surface area (Å²) in [5.74, 6) is -0.409. The van der Waals surface area contributed by atoms with Gasteiger partial charge < -0.3 is 15.0 Å². The molecule has 0 unspecified atom stereocenters. The maximum Gasteiger partial charge on any atom is 0.264 e. The van der Waals surface area contributed by atoms with Crippen LogP contribution in [-0.2, 0) is 26.2 Å². The fraction of sp³-hybridized carbons (Fsp3) is 0.333. The molecule has 3 aromatic carbocycles. The number of benzene rings is 3. The van der Waals surface area contributed by atoms with E-state index in [0.29, 0.717) is 34.5 Å². The first-order chi connectivity index (χ1) is 19.6. The van der Waals surface area contributed by atoms with E-state index in [2.05, 4.69) is 5.32 Å². The average molecular weight is 621 g/mol. The minimum Gasteiger partial charge on any atom is -0.494 e. The zero-order valence-corrected chi connectivity index (χ0v) is 25.7. The molecule has 0 bridgehead atoms. The Morgan fingerprint density at radius 1 is 0.927 bits per heavy atom. The number of unbranched alkanes of at least 4 members (excludes halogenated alkanes) is 1. The van der Waals surface area contributed by atoms with Gasteiger partial charge in [0, 0.05) is 28.7 Å². The summed E-state index contributed by atoms with van der Waals surface area (Å²) in [6, 6.07) is 18.3. The lowest BCUT2D eigenvalue weighted by Gasteiger charge is -2.32. The van der Waals surface area contributed by atoms with Crippen molar-refractivity contribution in [2.45, 2.75) is 51.1 Å². The SMILES string of the molecule is CCCCNC(=O)[C@@H](C)N(Cc1c(Cl)cccc1Cl)C(=O)CN(c1ccc(OCC)cc1)S(=O)(=O)c1ccccc1. The topological polar surface area (TPSA) is 96.0 Å². The van der Waals surface area contributed by atoms with Crippen molar-refractivity contribution in [3.8, 4) is 5.75 Å². The van der Waals surface area contributed by atoms with Gasteiger partial charge in [0.15, 0.2) is 0 Å². The van der Waals surface area contributed by atoms with Crippen molar-refractivity contribution in [2.24, 2.45) is 0 Å². The Morgan fingerprint density at radius 3 is 2.15 bits per heavy atom. The molecule has 2 amide bonds. The highest BCUT2D eigenvalue weighted by molar-refractivity contribution is 7.92. The smallest absolute Gasteiger partial charge is 0.264 e. The molecule has 0 aliphatic heterocycles. The van der Waals surface area contributed by atoms with Crippen molar-refractivity contribution in [3.63, 3.8) is 0 Å². The van der Waals surface area contributed by atoms with Gasteiger partial charge in [0.05, 0.1) is 17.2 Å². The fourth-order valence-electron chi connectivity index (χ4n) is 4.10. The van der Waals surface area contributed by atoms with Crippen LogP contribution in [0.3, 0.4) is 0 Å². The summed E-state index contributed by atoms with van der Waals surface area (Å²) in [7, 11) is -4.17. The van der Waals surface area contributed by atoms with Crippen LogP contribution in [0.25, 0.3) is 0 Å². The van der Waals surface area contributed by atoms with E-state index in [1.165, 1.54) is 17.0 Å². The number of nitrogens with one attached hydrogen (secondary N) is 1. The third-order valence-corrected chi connectivity index (χ3v) is 8.93. The molecule has 11 heteroatoms. The van der Waals surface area contributed by atoms with Gasteiger partial charge in [0.25, 0.3) is 10.0 Å². The molecule has 220 valence electrons. The molecule has 0 aliphatic rings. The maximum atomic E-state index is 14.0. The molecule has 1 N–H and O–H groups in total. The van der Waals surface area contributed by atoms with Crippen molar-refractivity contribution in [1.82, 2.24) is 10.2 Å². The summed E-state index contributed by atoms with van der Waals surface area (Å²) in [6.07, 6.45) is 1.67. The highest BCUT2D eigenvalue weighted by Gasteiger charge is 2.33. The lowest BCUT2D eigenvalue weighted by Crippen LogP contribution is -2.51. The van der Waals surface area contributed by atoms with Crippen molar-refractivity contribution in [1.29, 1.82) is 0 Å². The Balaban J connectivity index is 2.03. The van der Waals surface area contributed by atoms with E-state index < -0.39 is 28.5 Å². The number of halogens is 2. The Bertz CT molecular complexity index is 1400. The molecule has 3 rings (SSSR count). The molecular weight excluding hydrogens is 585 g/mol. The lowest BCUT2D eigenvalue weighted by molar-refractivity contribution is -0.139. The fourth-order valence-corrected chi connectivity index (χ4v) is 6.05. The van der Waals surface area contributed by atoms with Crippen LogP contribution < -0.4 is 14.4 Å². The highest BCUT2D eigenvalue weighted by Crippen LogP contribution is 2.29. The molecule has 8 nitrogen and oxygen atoms in total. The van der Waals surface area contributed by atoms with E-state index >= 15 is 0 Å². The first kappa shape index (κ1) is 32.2. The first-order valence-corrected chi connectivity index (χ1v) is 15.6. The van der Waals surface area contributed by atoms with E-state index in [1.54, 1.807) is 67.6 Å². The van der Waals surface area contributed by atoms with Gasteiger partial charge >= 0.3 is 0 Å². The number of carbonyl (C=O) groups is 2. The van der Waals surface area contributed by atoms with Gasteiger partial charge in [-0.2, -0.15) is 0 Å². The molecule has 41 heavy (non-hydrogen) atoms. The normalized spacial score (nSPS) is 11.9. The summed E-state index contributed by atoms with van der Waals surface area (Å²) in [6.45, 7) is 5.68. The largest absolute Gasteiger partial charge is 0.494 e. The van der Waals surface area contributed by atoms with Crippen LogP contribution in [0.2, 0.25) is 10.0 Å². The van der Waals surface area contributed by atoms with Crippen LogP contribution in [0.5, 0.6) is 5.75 Å². The zero-order valence-electron chi connectivity index (χ0n) is 23.3. The molecular formula is C30H35Cl2N3O5S. The molecule has 1 atom stereocenters. The Kier molecular flexibility index (Phi) is 11.9. The number of ether oxygens (including phenoxy) is 1. The molecule has 0 heterocycles. The molecule has 0 spiro atoms. The van der Waals surface area contributed by atoms with E-state index in [0.717, 1.165) is 17.1 Å². The number of hydrogen-bond donors (Lipinski definition) is 1. The van der Waals surface area contributed by atoms with Crippen LogP contribution in [0.15, 0.2) is 77.7 Å². The van der Waals surface area contributed by atoms with E-state index in [9.17, 15) is 18.0 Å². The van der Waals surface area contributed by atoms with Crippen LogP contribution in [0.1, 0.15) is 39.2 Å². The molecule has 0 radical (unpaired) electrons. The van der Waals surface area contributed by atoms with Gasteiger partial charge in [-0.05, 0) is 68.8 Å². The maximum absolute atomic E-state index is 14.0. The zero-order chi connectivity index (χ0) is 30.0. The minimum absolute atomic E-state index is 0.0211. The van der Waals surface area contributed by atoms with Crippen LogP contribution in [-0.4, -0.2) is 50.9 Å². The molecule has 0 fully saturated rings. The van der Waals surface area contributed by atoms with Gasteiger partial charge in [0.1, 0.15) is 18.3 Å². The number of amides is 2. The molecule has 0 aromatic heterocycles. The van der Waals surface area contributed by atoms with Crippen LogP contribution in [0.4, 0.5) is 5.69 Å². The monoisotopic (exact) mass is 619 g/mol. The predicted molar refractivity (Wildman–Crippen MR) is 163 cm³/mol. The van der Waals surface area contributed by atoms with Gasteiger partial charge in [-0.1, -0.05) is 60.8 Å². The third kappa shape index (κ3) is 8.38. The Hall–Kier alpha value is -3.27. The number of carbonyl (C=O) groups excluding carboxylic acids is 2. The Labute approximate surface area is 252 Å². The van der Waals surface area contributed by atoms with Crippen molar-refractivity contribution >= 4 is 50.7 Å². The standard InChI is InChI=1S/C30H35Cl2N3O5S/c1-4-6-19-33-30(37)22(3)34(20-26-27(31)13-10-14-28(26)32)29(36)21-35(23-15-17-24(18-16-23)40-5-2)41(38,39)25-11-8-7-9-12-25/h7-18,22H,4-6,19-21H2,1-3H3,(H,33,37)/t22-/m1/s1. The summed E-state index contributed by atoms with van der Waals surface area (Å²) in [5.41, 5.74) is 0.720. The second-order valence-electron chi connectivity index (χ2n) is 9.29. The number of hydrogen-bond acceptors (Lipinski definition) is 5. The quantitative estimate of drug-likeness (QED) is 0.226. The van der Waals surface area contributed by atoms with E-state index in [4.69, 9.17) is 27.9 Å². The van der Waals surface area contributed by atoms with Gasteiger partial charge in [0.2, 0.25) is 11.8 Å². The molecule has 3 aromatic rings. The third-order valence-electron chi connectivity index (χ3n) is 6.43. The number of rotatable bonds is 14. The second kappa shape index (κ2) is 15.1. The predicted octanol–water partition coefficient (Wildman–Crippen LogP) is 5.92. The van der Waals surface area contributed by atoms with Crippen LogP contribution >= 0.6 is 23.2 Å². The van der Waals surface area contributed by atoms with Gasteiger partial charge in [-0.15, -0.1) is 0 Å². The average Bonchev–Trinajstić information content (AvgIpc) is 2.96. The minimum atomic E-state index is -4.17. The number of nitrogens with zero attached hydrogens (tertiary/aromatic N) is 2. The van der Waals surface area contributed by atoms with Crippen LogP contribution in [0, 0.1) is 0 Å². The molecule has 0 saturated heterocycles. The first-order valence-electron chi connectivity index (χ1n) is 13.4. The Morgan fingerprint density at radius 2 is 1.56 bits per heavy atom. The number of anilines is 1. The van der Waals surface area contributed by atoms with Crippen molar-refractivity contribution in [3.05, 3.63) is 88.4 Å². The van der Waals surface area contributed by atoms with Gasteiger partial charge in [-0.3, -0.25) is 13.9 Å². The highest BCUT2D eigenvalue weighted by atomic mass is 35.5. The summed E-state index contributed by atoms with van der Waals surface area (Å²) in [4.78, 5) is 28.4. The van der Waals surface area contributed by atoms with E-state index in [-0.39, 0.29) is 23.0 Å². The van der Waals surface area contributed by atoms with E-state index in [1.807, 2.05) is 13.8 Å². The number of sulfonamides is 1. The van der Waals surface area contributed by atoms with Crippen molar-refractivity contribution in [2.75, 3.05) is 24.0 Å². The summed E-state index contributed by atoms with van der Waals surface area (Å²) >= 11 is 12.8. The molecule has 0 saturated carbocycles. The second-order valence-corrected chi connectivity index (χ2v) is 12.0. The van der Waals surface area contributed by atoms with Crippen molar-refractivity contribution < 1.29 is 22.7 Å². The summed E-state index contributed by atoms with van der Waals surface area (Å²) < 4.78 is 34.2. The molecule has 0 aliphatic carbocycles. The summed E-state index contributed by atoms with van der Waals surface area (Å²) in [5, 5.41) is 3.50.